The van der Waals surface area contributed by atoms with Crippen molar-refractivity contribution in [3.63, 3.8) is 0 Å². The minimum atomic E-state index is -0.117. The molecule has 76 valence electrons. The molecule has 0 radical (unpaired) electrons. The van der Waals surface area contributed by atoms with Gasteiger partial charge in [0.05, 0.1) is 19.6 Å². The minimum absolute atomic E-state index is 0.117. The molecule has 0 saturated heterocycles. The topological polar surface area (TPSA) is 35.5 Å². The van der Waals surface area contributed by atoms with E-state index in [1.54, 1.807) is 7.11 Å². The molecular formula is C10H18O3. The van der Waals surface area contributed by atoms with Crippen LogP contribution >= 0.6 is 0 Å². The highest BCUT2D eigenvalue weighted by Crippen LogP contribution is 2.28. The van der Waals surface area contributed by atoms with Gasteiger partial charge in [-0.25, -0.2) is 0 Å². The fourth-order valence-corrected chi connectivity index (χ4v) is 2.01. The van der Waals surface area contributed by atoms with Crippen LogP contribution in [0, 0.1) is 5.92 Å². The summed E-state index contributed by atoms with van der Waals surface area (Å²) in [5.41, 5.74) is 0. The molecule has 0 unspecified atom stereocenters. The van der Waals surface area contributed by atoms with E-state index in [-0.39, 0.29) is 12.1 Å². The van der Waals surface area contributed by atoms with Gasteiger partial charge in [-0.15, -0.1) is 0 Å². The van der Waals surface area contributed by atoms with Gasteiger partial charge in [-0.2, -0.15) is 0 Å². The second-order valence-corrected chi connectivity index (χ2v) is 3.60. The maximum Gasteiger partial charge on any atom is 0.305 e. The van der Waals surface area contributed by atoms with Crippen molar-refractivity contribution in [1.29, 1.82) is 0 Å². The number of carbonyl (C=O) groups excluding carboxylic acids is 1. The van der Waals surface area contributed by atoms with Crippen molar-refractivity contribution in [2.24, 2.45) is 5.92 Å². The van der Waals surface area contributed by atoms with Crippen molar-refractivity contribution in [3.05, 3.63) is 0 Å². The van der Waals surface area contributed by atoms with Gasteiger partial charge in [0.25, 0.3) is 0 Å². The van der Waals surface area contributed by atoms with Crippen molar-refractivity contribution in [3.8, 4) is 0 Å². The lowest BCUT2D eigenvalue weighted by molar-refractivity contribution is -0.143. The molecule has 0 spiro atoms. The Kier molecular flexibility index (Phi) is 4.22. The average molecular weight is 186 g/mol. The lowest BCUT2D eigenvalue weighted by Gasteiger charge is -2.29. The van der Waals surface area contributed by atoms with E-state index in [1.807, 2.05) is 0 Å². The number of carbonyl (C=O) groups is 1. The van der Waals surface area contributed by atoms with Crippen LogP contribution in [0.1, 0.15) is 32.1 Å². The highest BCUT2D eigenvalue weighted by Gasteiger charge is 2.26. The van der Waals surface area contributed by atoms with Crippen molar-refractivity contribution >= 4 is 5.97 Å². The van der Waals surface area contributed by atoms with Gasteiger partial charge < -0.3 is 9.47 Å². The lowest BCUT2D eigenvalue weighted by Crippen LogP contribution is -2.28. The van der Waals surface area contributed by atoms with Crippen LogP contribution in [-0.2, 0) is 14.3 Å². The van der Waals surface area contributed by atoms with Gasteiger partial charge >= 0.3 is 5.97 Å². The molecule has 3 nitrogen and oxygen atoms in total. The number of ether oxygens (including phenoxy) is 2. The van der Waals surface area contributed by atoms with Crippen LogP contribution in [0.15, 0.2) is 0 Å². The molecule has 1 rings (SSSR count). The highest BCUT2D eigenvalue weighted by atomic mass is 16.5. The Morgan fingerprint density at radius 1 is 1.31 bits per heavy atom. The molecule has 2 atom stereocenters. The van der Waals surface area contributed by atoms with Gasteiger partial charge in [0, 0.05) is 7.11 Å². The molecule has 1 aliphatic rings. The largest absolute Gasteiger partial charge is 0.469 e. The Labute approximate surface area is 79.4 Å². The molecule has 0 N–H and O–H groups in total. The van der Waals surface area contributed by atoms with E-state index in [2.05, 4.69) is 4.74 Å². The maximum atomic E-state index is 11.1. The van der Waals surface area contributed by atoms with Gasteiger partial charge in [-0.3, -0.25) is 4.79 Å². The first-order chi connectivity index (χ1) is 6.27. The Balaban J connectivity index is 2.40. The summed E-state index contributed by atoms with van der Waals surface area (Å²) in [6.07, 6.45) is 5.37. The third-order valence-electron chi connectivity index (χ3n) is 2.80. The second kappa shape index (κ2) is 5.22. The van der Waals surface area contributed by atoms with E-state index in [0.29, 0.717) is 12.3 Å². The van der Waals surface area contributed by atoms with Gasteiger partial charge in [0.2, 0.25) is 0 Å². The summed E-state index contributed by atoms with van der Waals surface area (Å²) in [7, 11) is 3.16. The van der Waals surface area contributed by atoms with Crippen LogP contribution in [0.2, 0.25) is 0 Å². The summed E-state index contributed by atoms with van der Waals surface area (Å²) in [4.78, 5) is 11.1. The molecule has 0 aromatic carbocycles. The van der Waals surface area contributed by atoms with Crippen molar-refractivity contribution in [2.75, 3.05) is 14.2 Å². The number of hydrogen-bond acceptors (Lipinski definition) is 3. The Hall–Kier alpha value is -0.570. The zero-order valence-corrected chi connectivity index (χ0v) is 8.41. The molecule has 1 saturated carbocycles. The third-order valence-corrected chi connectivity index (χ3v) is 2.80. The predicted octanol–water partition coefficient (Wildman–Crippen LogP) is 1.75. The number of esters is 1. The number of rotatable bonds is 3. The minimum Gasteiger partial charge on any atom is -0.469 e. The molecule has 3 heteroatoms. The van der Waals surface area contributed by atoms with E-state index in [4.69, 9.17) is 4.74 Å². The molecule has 0 heterocycles. The van der Waals surface area contributed by atoms with Crippen LogP contribution in [0.5, 0.6) is 0 Å². The zero-order chi connectivity index (χ0) is 9.68. The van der Waals surface area contributed by atoms with E-state index < -0.39 is 0 Å². The fraction of sp³-hybridized carbons (Fsp3) is 0.900. The van der Waals surface area contributed by atoms with Crippen molar-refractivity contribution in [1.82, 2.24) is 0 Å². The summed E-state index contributed by atoms with van der Waals surface area (Å²) in [6.45, 7) is 0. The first-order valence-electron chi connectivity index (χ1n) is 4.87. The van der Waals surface area contributed by atoms with Gasteiger partial charge in [-0.1, -0.05) is 12.8 Å². The quantitative estimate of drug-likeness (QED) is 0.630. The third kappa shape index (κ3) is 2.99. The number of methoxy groups -OCH3 is 2. The summed E-state index contributed by atoms with van der Waals surface area (Å²) < 4.78 is 9.99. The first-order valence-corrected chi connectivity index (χ1v) is 4.87. The van der Waals surface area contributed by atoms with Gasteiger partial charge in [-0.05, 0) is 18.8 Å². The summed E-state index contributed by atoms with van der Waals surface area (Å²) in [5.74, 6) is 0.250. The molecule has 0 amide bonds. The second-order valence-electron chi connectivity index (χ2n) is 3.60. The zero-order valence-electron chi connectivity index (χ0n) is 8.41. The van der Waals surface area contributed by atoms with Crippen LogP contribution < -0.4 is 0 Å². The molecule has 13 heavy (non-hydrogen) atoms. The van der Waals surface area contributed by atoms with E-state index >= 15 is 0 Å². The molecule has 0 aliphatic heterocycles. The molecule has 1 aliphatic carbocycles. The Morgan fingerprint density at radius 2 is 2.00 bits per heavy atom. The first kappa shape index (κ1) is 10.5. The molecule has 0 aromatic rings. The summed E-state index contributed by atoms with van der Waals surface area (Å²) in [6, 6.07) is 0. The van der Waals surface area contributed by atoms with Crippen LogP contribution in [-0.4, -0.2) is 26.3 Å². The smallest absolute Gasteiger partial charge is 0.305 e. The predicted molar refractivity (Wildman–Crippen MR) is 49.4 cm³/mol. The van der Waals surface area contributed by atoms with Crippen molar-refractivity contribution in [2.45, 2.75) is 38.2 Å². The van der Waals surface area contributed by atoms with Gasteiger partial charge in [0.15, 0.2) is 0 Å². The SMILES string of the molecule is COC(=O)C[C@H]1CCCC[C@H]1OC. The van der Waals surface area contributed by atoms with E-state index in [9.17, 15) is 4.79 Å². The van der Waals surface area contributed by atoms with Gasteiger partial charge in [0.1, 0.15) is 0 Å². The fourth-order valence-electron chi connectivity index (χ4n) is 2.01. The Bertz CT molecular complexity index is 168. The molecule has 1 fully saturated rings. The summed E-state index contributed by atoms with van der Waals surface area (Å²) >= 11 is 0. The molecule has 0 bridgehead atoms. The van der Waals surface area contributed by atoms with Crippen LogP contribution in [0.4, 0.5) is 0 Å². The maximum absolute atomic E-state index is 11.1. The Morgan fingerprint density at radius 3 is 2.62 bits per heavy atom. The average Bonchev–Trinajstić information content (AvgIpc) is 2.18. The lowest BCUT2D eigenvalue weighted by atomic mass is 9.84. The highest BCUT2D eigenvalue weighted by molar-refractivity contribution is 5.69. The standard InChI is InChI=1S/C10H18O3/c1-12-9-6-4-3-5-8(9)7-10(11)13-2/h8-9H,3-7H2,1-2H3/t8-,9-/m1/s1. The van der Waals surface area contributed by atoms with E-state index in [0.717, 1.165) is 12.8 Å². The van der Waals surface area contributed by atoms with Crippen LogP contribution in [0.3, 0.4) is 0 Å². The molecular weight excluding hydrogens is 168 g/mol. The summed E-state index contributed by atoms with van der Waals surface area (Å²) in [5, 5.41) is 0. The van der Waals surface area contributed by atoms with Crippen LogP contribution in [0.25, 0.3) is 0 Å². The van der Waals surface area contributed by atoms with Crippen molar-refractivity contribution < 1.29 is 14.3 Å². The van der Waals surface area contributed by atoms with E-state index in [1.165, 1.54) is 20.0 Å². The number of hydrogen-bond donors (Lipinski definition) is 0. The normalized spacial score (nSPS) is 28.5. The monoisotopic (exact) mass is 186 g/mol. The molecule has 0 aromatic heterocycles.